The number of hydrogen-bond donors (Lipinski definition) is 3. The highest BCUT2D eigenvalue weighted by Crippen LogP contribution is 2.09. The molecule has 0 aliphatic carbocycles. The first-order valence-electron chi connectivity index (χ1n) is 4.93. The van der Waals surface area contributed by atoms with Gasteiger partial charge in [-0.05, 0) is 31.3 Å². The van der Waals surface area contributed by atoms with Crippen molar-refractivity contribution in [3.63, 3.8) is 0 Å². The molecule has 1 aromatic rings. The van der Waals surface area contributed by atoms with Crippen LogP contribution >= 0.6 is 0 Å². The van der Waals surface area contributed by atoms with Crippen molar-refractivity contribution in [1.29, 1.82) is 0 Å². The molecule has 0 saturated carbocycles. The van der Waals surface area contributed by atoms with Crippen LogP contribution in [-0.2, 0) is 10.0 Å². The Kier molecular flexibility index (Phi) is 4.47. The molecule has 0 saturated heterocycles. The van der Waals surface area contributed by atoms with Crippen LogP contribution in [0.15, 0.2) is 24.3 Å². The Morgan fingerprint density at radius 3 is 2.41 bits per heavy atom. The third kappa shape index (κ3) is 4.41. The lowest BCUT2D eigenvalue weighted by Crippen LogP contribution is -2.32. The lowest BCUT2D eigenvalue weighted by atomic mass is 10.2. The molecule has 94 valence electrons. The first kappa shape index (κ1) is 13.5. The van der Waals surface area contributed by atoms with Crippen LogP contribution in [0.25, 0.3) is 0 Å². The lowest BCUT2D eigenvalue weighted by Gasteiger charge is -2.05. The van der Waals surface area contributed by atoms with E-state index in [-0.39, 0.29) is 24.0 Å². The molecule has 0 aliphatic heterocycles. The number of benzene rings is 1. The molecular weight excluding hydrogens is 244 g/mol. The highest BCUT2D eigenvalue weighted by molar-refractivity contribution is 7.89. The number of nitrogens with one attached hydrogen (secondary N) is 2. The molecule has 0 heterocycles. The molecular formula is C10H14N2O4S. The van der Waals surface area contributed by atoms with Crippen LogP contribution in [0.5, 0.6) is 5.75 Å². The average molecular weight is 258 g/mol. The van der Waals surface area contributed by atoms with E-state index in [4.69, 9.17) is 5.11 Å². The first-order chi connectivity index (χ1) is 7.94. The molecule has 3 N–H and O–H groups in total. The maximum absolute atomic E-state index is 11.5. The zero-order valence-electron chi connectivity index (χ0n) is 9.30. The molecule has 0 atom stereocenters. The van der Waals surface area contributed by atoms with Gasteiger partial charge in [0.05, 0.1) is 5.75 Å². The van der Waals surface area contributed by atoms with Crippen LogP contribution in [0, 0.1) is 0 Å². The van der Waals surface area contributed by atoms with Crippen molar-refractivity contribution in [2.24, 2.45) is 0 Å². The third-order valence-electron chi connectivity index (χ3n) is 2.10. The van der Waals surface area contributed by atoms with Gasteiger partial charge in [-0.25, -0.2) is 13.1 Å². The molecule has 1 aromatic carbocycles. The monoisotopic (exact) mass is 258 g/mol. The minimum Gasteiger partial charge on any atom is -0.508 e. The summed E-state index contributed by atoms with van der Waals surface area (Å²) in [6, 6.07) is 5.69. The molecule has 0 bridgehead atoms. The summed E-state index contributed by atoms with van der Waals surface area (Å²) < 4.78 is 24.3. The van der Waals surface area contributed by atoms with Crippen LogP contribution in [0.4, 0.5) is 0 Å². The van der Waals surface area contributed by atoms with Crippen LogP contribution in [0.3, 0.4) is 0 Å². The number of phenolic OH excluding ortho intramolecular Hbond substituents is 1. The smallest absolute Gasteiger partial charge is 0.251 e. The Hall–Kier alpha value is -1.60. The van der Waals surface area contributed by atoms with Crippen molar-refractivity contribution in [2.75, 3.05) is 19.3 Å². The van der Waals surface area contributed by atoms with Gasteiger partial charge < -0.3 is 10.4 Å². The van der Waals surface area contributed by atoms with Crippen molar-refractivity contribution >= 4 is 15.9 Å². The number of phenols is 1. The van der Waals surface area contributed by atoms with E-state index >= 15 is 0 Å². The Bertz CT molecular complexity index is 482. The highest BCUT2D eigenvalue weighted by Gasteiger charge is 2.09. The number of sulfonamides is 1. The van der Waals surface area contributed by atoms with E-state index in [0.29, 0.717) is 5.56 Å². The predicted octanol–water partition coefficient (Wildman–Crippen LogP) is -0.329. The van der Waals surface area contributed by atoms with E-state index < -0.39 is 10.0 Å². The topological polar surface area (TPSA) is 95.5 Å². The van der Waals surface area contributed by atoms with Gasteiger partial charge in [0, 0.05) is 12.1 Å². The molecule has 17 heavy (non-hydrogen) atoms. The fourth-order valence-electron chi connectivity index (χ4n) is 1.12. The summed E-state index contributed by atoms with van der Waals surface area (Å²) in [5.41, 5.74) is 0.365. The molecule has 0 aliphatic rings. The fourth-order valence-corrected chi connectivity index (χ4v) is 1.69. The fraction of sp³-hybridized carbons (Fsp3) is 0.300. The average Bonchev–Trinajstić information content (AvgIpc) is 2.29. The van der Waals surface area contributed by atoms with Gasteiger partial charge >= 0.3 is 0 Å². The van der Waals surface area contributed by atoms with Crippen molar-refractivity contribution in [3.8, 4) is 5.75 Å². The van der Waals surface area contributed by atoms with Crippen molar-refractivity contribution in [2.45, 2.75) is 0 Å². The number of carbonyl (C=O) groups is 1. The number of amides is 1. The second kappa shape index (κ2) is 5.65. The van der Waals surface area contributed by atoms with Gasteiger partial charge in [0.15, 0.2) is 0 Å². The third-order valence-corrected chi connectivity index (χ3v) is 3.46. The van der Waals surface area contributed by atoms with E-state index in [1.165, 1.54) is 31.3 Å². The number of hydrogen-bond acceptors (Lipinski definition) is 4. The zero-order chi connectivity index (χ0) is 12.9. The Morgan fingerprint density at radius 1 is 1.29 bits per heavy atom. The van der Waals surface area contributed by atoms with Gasteiger partial charge in [0.2, 0.25) is 10.0 Å². The first-order valence-corrected chi connectivity index (χ1v) is 6.58. The van der Waals surface area contributed by atoms with Crippen molar-refractivity contribution in [3.05, 3.63) is 29.8 Å². The van der Waals surface area contributed by atoms with E-state index in [1.807, 2.05) is 0 Å². The Balaban J connectivity index is 2.48. The number of rotatable bonds is 5. The van der Waals surface area contributed by atoms with Gasteiger partial charge in [-0.3, -0.25) is 4.79 Å². The van der Waals surface area contributed by atoms with Gasteiger partial charge in [0.25, 0.3) is 5.91 Å². The van der Waals surface area contributed by atoms with Crippen LogP contribution in [0.2, 0.25) is 0 Å². The van der Waals surface area contributed by atoms with Gasteiger partial charge in [-0.15, -0.1) is 0 Å². The number of carbonyl (C=O) groups excluding carboxylic acids is 1. The van der Waals surface area contributed by atoms with Gasteiger partial charge in [-0.1, -0.05) is 0 Å². The predicted molar refractivity (Wildman–Crippen MR) is 63.3 cm³/mol. The Morgan fingerprint density at radius 2 is 1.88 bits per heavy atom. The molecule has 1 rings (SSSR count). The lowest BCUT2D eigenvalue weighted by molar-refractivity contribution is 0.0956. The minimum atomic E-state index is -3.31. The minimum absolute atomic E-state index is 0.0306. The molecule has 0 aromatic heterocycles. The molecule has 6 nitrogen and oxygen atoms in total. The van der Waals surface area contributed by atoms with Crippen molar-refractivity contribution in [1.82, 2.24) is 10.0 Å². The second-order valence-corrected chi connectivity index (χ2v) is 5.37. The van der Waals surface area contributed by atoms with Crippen LogP contribution in [-0.4, -0.2) is 38.8 Å². The van der Waals surface area contributed by atoms with E-state index in [0.717, 1.165) is 0 Å². The zero-order valence-corrected chi connectivity index (χ0v) is 10.1. The van der Waals surface area contributed by atoms with E-state index in [9.17, 15) is 13.2 Å². The normalized spacial score (nSPS) is 11.1. The maximum Gasteiger partial charge on any atom is 0.251 e. The van der Waals surface area contributed by atoms with Crippen LogP contribution < -0.4 is 10.0 Å². The summed E-state index contributed by atoms with van der Waals surface area (Å²) in [5, 5.41) is 11.5. The second-order valence-electron chi connectivity index (χ2n) is 3.33. The quantitative estimate of drug-likeness (QED) is 0.674. The molecule has 0 radical (unpaired) electrons. The van der Waals surface area contributed by atoms with Crippen LogP contribution in [0.1, 0.15) is 10.4 Å². The van der Waals surface area contributed by atoms with E-state index in [2.05, 4.69) is 10.0 Å². The Labute approximate surface area is 99.7 Å². The van der Waals surface area contributed by atoms with Gasteiger partial charge in [0.1, 0.15) is 5.75 Å². The summed E-state index contributed by atoms with van der Waals surface area (Å²) in [5.74, 6) is -0.483. The SMILES string of the molecule is CNS(=O)(=O)CCNC(=O)c1ccc(O)cc1. The van der Waals surface area contributed by atoms with E-state index in [1.54, 1.807) is 0 Å². The number of aromatic hydroxyl groups is 1. The molecule has 0 unspecified atom stereocenters. The van der Waals surface area contributed by atoms with Gasteiger partial charge in [-0.2, -0.15) is 0 Å². The standard InChI is InChI=1S/C10H14N2O4S/c1-11-17(15,16)7-6-12-10(14)8-2-4-9(13)5-3-8/h2-5,11,13H,6-7H2,1H3,(H,12,14). The summed E-state index contributed by atoms with van der Waals surface area (Å²) in [4.78, 5) is 11.5. The maximum atomic E-state index is 11.5. The molecule has 1 amide bonds. The summed E-state index contributed by atoms with van der Waals surface area (Å²) >= 11 is 0. The summed E-state index contributed by atoms with van der Waals surface area (Å²) in [6.45, 7) is 0.0306. The molecule has 0 spiro atoms. The highest BCUT2D eigenvalue weighted by atomic mass is 32.2. The summed E-state index contributed by atoms with van der Waals surface area (Å²) in [7, 11) is -1.99. The molecule has 7 heteroatoms. The summed E-state index contributed by atoms with van der Waals surface area (Å²) in [6.07, 6.45) is 0. The van der Waals surface area contributed by atoms with Crippen molar-refractivity contribution < 1.29 is 18.3 Å². The molecule has 0 fully saturated rings. The largest absolute Gasteiger partial charge is 0.508 e.